The lowest BCUT2D eigenvalue weighted by Gasteiger charge is -2.71. The molecule has 6 N–H and O–H groups in total. The van der Waals surface area contributed by atoms with Crippen LogP contribution in [0.1, 0.15) is 113 Å². The molecule has 6 aliphatic rings. The van der Waals surface area contributed by atoms with E-state index in [0.29, 0.717) is 11.8 Å². The van der Waals surface area contributed by atoms with Crippen molar-refractivity contribution in [2.45, 2.75) is 143 Å². The molecule has 0 bridgehead atoms. The molecule has 0 aromatic carbocycles. The highest BCUT2D eigenvalue weighted by Crippen LogP contribution is 2.75. The molecule has 0 aromatic heterocycles. The molecular weight excluding hydrogens is 570 g/mol. The number of amides is 1. The first kappa shape index (κ1) is 33.9. The van der Waals surface area contributed by atoms with Crippen LogP contribution >= 0.6 is 0 Å². The van der Waals surface area contributed by atoms with Gasteiger partial charge in [0, 0.05) is 5.92 Å². The second kappa shape index (κ2) is 11.0. The van der Waals surface area contributed by atoms with Crippen LogP contribution in [-0.4, -0.2) is 75.3 Å². The van der Waals surface area contributed by atoms with Crippen LogP contribution in [-0.2, 0) is 9.53 Å². The molecule has 1 heterocycles. The molecule has 1 saturated heterocycles. The Labute approximate surface area is 270 Å². The van der Waals surface area contributed by atoms with E-state index in [2.05, 4.69) is 59.9 Å². The molecule has 256 valence electrons. The van der Waals surface area contributed by atoms with E-state index in [1.54, 1.807) is 0 Å². The van der Waals surface area contributed by atoms with E-state index >= 15 is 0 Å². The molecule has 8 nitrogen and oxygen atoms in total. The summed E-state index contributed by atoms with van der Waals surface area (Å²) in [5, 5.41) is 55.7. The van der Waals surface area contributed by atoms with E-state index in [9.17, 15) is 30.3 Å². The van der Waals surface area contributed by atoms with E-state index in [0.717, 1.165) is 64.2 Å². The second-order valence-corrected chi connectivity index (χ2v) is 18.4. The van der Waals surface area contributed by atoms with Crippen LogP contribution in [0.2, 0.25) is 0 Å². The first-order valence-electron chi connectivity index (χ1n) is 17.8. The molecule has 6 rings (SSSR count). The molecule has 45 heavy (non-hydrogen) atoms. The minimum Gasteiger partial charge on any atom is -0.396 e. The summed E-state index contributed by atoms with van der Waals surface area (Å²) < 4.78 is 5.84. The molecule has 13 unspecified atom stereocenters. The summed E-state index contributed by atoms with van der Waals surface area (Å²) in [6, 6.07) is 0. The van der Waals surface area contributed by atoms with Gasteiger partial charge in [0.05, 0.1) is 30.8 Å². The quantitative estimate of drug-likeness (QED) is 0.255. The van der Waals surface area contributed by atoms with Gasteiger partial charge in [0.2, 0.25) is 5.91 Å². The zero-order chi connectivity index (χ0) is 33.0. The maximum Gasteiger partial charge on any atom is 0.228 e. The standard InChI is InChI=1S/C37H61NO7/c1-32(2)14-16-37(31(44)38-30-29(43)28(42)27(41)21(19-39)20-45-30)17-15-35(6)22(23(37)18-32)8-9-25-34(5)12-11-26(40)33(3,4)24(34)10-13-36(25,35)7/h8,21,23-30,39-43H,9-20H2,1-7H3,(H,38,44). The number of aliphatic hydroxyl groups is 5. The fourth-order valence-corrected chi connectivity index (χ4v) is 12.3. The van der Waals surface area contributed by atoms with Crippen LogP contribution in [0.25, 0.3) is 0 Å². The van der Waals surface area contributed by atoms with Gasteiger partial charge in [0.1, 0.15) is 12.2 Å². The molecule has 8 heteroatoms. The SMILES string of the molecule is CC1(C)CCC2(C(=O)NC3OCC(CO)C(O)C(O)C3O)CCC3(C)C(=CCC4C5(C)CCC(O)C(C)(C)C5CCC43C)C2C1. The number of carbonyl (C=O) groups is 1. The van der Waals surface area contributed by atoms with Crippen LogP contribution in [0.5, 0.6) is 0 Å². The van der Waals surface area contributed by atoms with Crippen molar-refractivity contribution in [3.8, 4) is 0 Å². The first-order chi connectivity index (χ1) is 20.9. The number of hydrogen-bond acceptors (Lipinski definition) is 7. The summed E-state index contributed by atoms with van der Waals surface area (Å²) >= 11 is 0. The molecule has 13 atom stereocenters. The van der Waals surface area contributed by atoms with Gasteiger partial charge in [0.25, 0.3) is 0 Å². The monoisotopic (exact) mass is 631 g/mol. The third-order valence-electron chi connectivity index (χ3n) is 15.6. The van der Waals surface area contributed by atoms with Gasteiger partial charge < -0.3 is 35.6 Å². The predicted molar refractivity (Wildman–Crippen MR) is 172 cm³/mol. The number of rotatable bonds is 3. The van der Waals surface area contributed by atoms with Crippen molar-refractivity contribution in [2.24, 2.45) is 56.2 Å². The maximum atomic E-state index is 14.6. The molecule has 1 aliphatic heterocycles. The van der Waals surface area contributed by atoms with E-state index in [1.165, 1.54) is 5.57 Å². The number of hydrogen-bond donors (Lipinski definition) is 6. The fourth-order valence-electron chi connectivity index (χ4n) is 12.3. The average molecular weight is 632 g/mol. The lowest BCUT2D eigenvalue weighted by Crippen LogP contribution is -2.66. The van der Waals surface area contributed by atoms with E-state index in [1.807, 2.05) is 0 Å². The normalized spacial score (nSPS) is 52.2. The highest BCUT2D eigenvalue weighted by Gasteiger charge is 2.69. The molecule has 5 fully saturated rings. The third kappa shape index (κ3) is 4.77. The zero-order valence-electron chi connectivity index (χ0n) is 28.8. The number of aliphatic hydroxyl groups excluding tert-OH is 5. The van der Waals surface area contributed by atoms with Gasteiger partial charge in [-0.25, -0.2) is 0 Å². The minimum absolute atomic E-state index is 0.0427. The van der Waals surface area contributed by atoms with Crippen LogP contribution in [0.15, 0.2) is 11.6 Å². The maximum absolute atomic E-state index is 14.6. The van der Waals surface area contributed by atoms with Gasteiger partial charge in [-0.2, -0.15) is 0 Å². The molecule has 0 spiro atoms. The predicted octanol–water partition coefficient (Wildman–Crippen LogP) is 4.31. The Morgan fingerprint density at radius 2 is 1.56 bits per heavy atom. The van der Waals surface area contributed by atoms with Crippen LogP contribution in [0.4, 0.5) is 0 Å². The Kier molecular flexibility index (Phi) is 8.27. The zero-order valence-corrected chi connectivity index (χ0v) is 28.8. The Morgan fingerprint density at radius 1 is 0.867 bits per heavy atom. The molecular formula is C37H61NO7. The van der Waals surface area contributed by atoms with Gasteiger partial charge in [0.15, 0.2) is 6.23 Å². The third-order valence-corrected chi connectivity index (χ3v) is 15.6. The van der Waals surface area contributed by atoms with Gasteiger partial charge in [-0.3, -0.25) is 4.79 Å². The molecule has 5 aliphatic carbocycles. The number of ether oxygens (including phenoxy) is 1. The highest BCUT2D eigenvalue weighted by molar-refractivity contribution is 5.84. The van der Waals surface area contributed by atoms with Crippen LogP contribution in [0.3, 0.4) is 0 Å². The Hall–Kier alpha value is -1.03. The number of allylic oxidation sites excluding steroid dienone is 2. The molecule has 0 aromatic rings. The Balaban J connectivity index is 1.34. The summed E-state index contributed by atoms with van der Waals surface area (Å²) in [5.74, 6) is 0.188. The summed E-state index contributed by atoms with van der Waals surface area (Å²) in [6.07, 6.45) is 6.19. The van der Waals surface area contributed by atoms with Crippen molar-refractivity contribution in [3.63, 3.8) is 0 Å². The number of nitrogens with one attached hydrogen (secondary N) is 1. The van der Waals surface area contributed by atoms with Crippen molar-refractivity contribution >= 4 is 5.91 Å². The van der Waals surface area contributed by atoms with Gasteiger partial charge in [-0.15, -0.1) is 0 Å². The lowest BCUT2D eigenvalue weighted by atomic mass is 9.33. The average Bonchev–Trinajstić information content (AvgIpc) is 3.07. The van der Waals surface area contributed by atoms with Gasteiger partial charge >= 0.3 is 0 Å². The first-order valence-corrected chi connectivity index (χ1v) is 17.8. The van der Waals surface area contributed by atoms with E-state index < -0.39 is 42.5 Å². The topological polar surface area (TPSA) is 139 Å². The van der Waals surface area contributed by atoms with Gasteiger partial charge in [-0.05, 0) is 109 Å². The van der Waals surface area contributed by atoms with Crippen LogP contribution in [0, 0.1) is 56.2 Å². The Morgan fingerprint density at radius 3 is 2.24 bits per heavy atom. The summed E-state index contributed by atoms with van der Waals surface area (Å²) in [5.41, 5.74) is 0.999. The Bertz CT molecular complexity index is 1200. The van der Waals surface area contributed by atoms with Crippen molar-refractivity contribution in [1.82, 2.24) is 5.32 Å². The van der Waals surface area contributed by atoms with Crippen molar-refractivity contribution in [1.29, 1.82) is 0 Å². The van der Waals surface area contributed by atoms with Crippen molar-refractivity contribution in [2.75, 3.05) is 13.2 Å². The molecule has 0 radical (unpaired) electrons. The summed E-state index contributed by atoms with van der Waals surface area (Å²) in [4.78, 5) is 14.6. The van der Waals surface area contributed by atoms with E-state index in [4.69, 9.17) is 4.74 Å². The largest absolute Gasteiger partial charge is 0.396 e. The highest BCUT2D eigenvalue weighted by atomic mass is 16.5. The van der Waals surface area contributed by atoms with E-state index in [-0.39, 0.29) is 51.6 Å². The molecule has 4 saturated carbocycles. The summed E-state index contributed by atoms with van der Waals surface area (Å²) in [6.45, 7) is 16.3. The van der Waals surface area contributed by atoms with Gasteiger partial charge in [-0.1, -0.05) is 60.1 Å². The summed E-state index contributed by atoms with van der Waals surface area (Å²) in [7, 11) is 0. The number of fused-ring (bicyclic) bond motifs is 7. The van der Waals surface area contributed by atoms with Crippen molar-refractivity contribution in [3.05, 3.63) is 11.6 Å². The fraction of sp³-hybridized carbons (Fsp3) is 0.919. The lowest BCUT2D eigenvalue weighted by molar-refractivity contribution is -0.204. The number of carbonyl (C=O) groups excluding carboxylic acids is 1. The smallest absolute Gasteiger partial charge is 0.228 e. The molecule has 1 amide bonds. The van der Waals surface area contributed by atoms with Crippen molar-refractivity contribution < 1.29 is 35.1 Å². The second-order valence-electron chi connectivity index (χ2n) is 18.4. The minimum atomic E-state index is -1.54. The van der Waals surface area contributed by atoms with Crippen LogP contribution < -0.4 is 5.32 Å².